The summed E-state index contributed by atoms with van der Waals surface area (Å²) in [5, 5.41) is 13.0. The van der Waals surface area contributed by atoms with Crippen LogP contribution in [0.5, 0.6) is 0 Å². The minimum absolute atomic E-state index is 0.249. The number of thiophene rings is 1. The first-order chi connectivity index (χ1) is 6.18. The fourth-order valence-corrected chi connectivity index (χ4v) is 3.06. The molecule has 1 aliphatic carbocycles. The first-order valence-electron chi connectivity index (χ1n) is 4.45. The van der Waals surface area contributed by atoms with Crippen molar-refractivity contribution in [3.63, 3.8) is 0 Å². The predicted octanol–water partition coefficient (Wildman–Crippen LogP) is 2.50. The number of hydrogen-bond donors (Lipinski definition) is 1. The molecule has 0 aromatic carbocycles. The van der Waals surface area contributed by atoms with Crippen molar-refractivity contribution in [3.05, 3.63) is 21.9 Å². The molecule has 0 aliphatic heterocycles. The van der Waals surface area contributed by atoms with Gasteiger partial charge >= 0.3 is 5.97 Å². The van der Waals surface area contributed by atoms with Gasteiger partial charge < -0.3 is 5.11 Å². The smallest absolute Gasteiger partial charge is 0.303 e. The number of carbonyl (C=O) groups is 1. The fourth-order valence-electron chi connectivity index (χ4n) is 2.12. The highest BCUT2D eigenvalue weighted by molar-refractivity contribution is 7.08. The van der Waals surface area contributed by atoms with Crippen molar-refractivity contribution in [2.45, 2.75) is 25.7 Å². The third-order valence-corrected chi connectivity index (χ3v) is 3.61. The fraction of sp³-hybridized carbons (Fsp3) is 0.500. The number of rotatable bonds is 2. The Hall–Kier alpha value is -0.830. The minimum atomic E-state index is -0.684. The van der Waals surface area contributed by atoms with E-state index in [1.165, 1.54) is 11.1 Å². The number of aliphatic carboxylic acids is 1. The zero-order chi connectivity index (χ0) is 9.42. The van der Waals surface area contributed by atoms with Crippen molar-refractivity contribution in [3.8, 4) is 0 Å². The standard InChI is InChI=1S/C10H12O2S/c1-6-2-7-4-13-5-9(7)8(6)3-10(11)12/h4-6,8H,2-3H2,1H3,(H,11,12). The number of carboxylic acids is 1. The van der Waals surface area contributed by atoms with Crippen molar-refractivity contribution in [2.24, 2.45) is 5.92 Å². The average Bonchev–Trinajstić information content (AvgIpc) is 2.55. The molecule has 2 unspecified atom stereocenters. The van der Waals surface area contributed by atoms with Gasteiger partial charge in [-0.25, -0.2) is 0 Å². The molecule has 0 radical (unpaired) electrons. The van der Waals surface area contributed by atoms with Crippen LogP contribution in [0.3, 0.4) is 0 Å². The largest absolute Gasteiger partial charge is 0.481 e. The van der Waals surface area contributed by atoms with Gasteiger partial charge in [-0.1, -0.05) is 6.92 Å². The van der Waals surface area contributed by atoms with E-state index in [0.29, 0.717) is 5.92 Å². The zero-order valence-corrected chi connectivity index (χ0v) is 8.30. The zero-order valence-electron chi connectivity index (χ0n) is 7.49. The molecule has 1 heterocycles. The summed E-state index contributed by atoms with van der Waals surface area (Å²) in [4.78, 5) is 10.6. The third kappa shape index (κ3) is 1.48. The number of carboxylic acid groups (broad SMARTS) is 1. The topological polar surface area (TPSA) is 37.3 Å². The first kappa shape index (κ1) is 8.75. The van der Waals surface area contributed by atoms with Crippen LogP contribution in [0.1, 0.15) is 30.4 Å². The van der Waals surface area contributed by atoms with E-state index in [-0.39, 0.29) is 12.3 Å². The molecule has 0 amide bonds. The Morgan fingerprint density at radius 2 is 2.46 bits per heavy atom. The molecule has 0 saturated carbocycles. The molecule has 1 aromatic rings. The molecule has 3 heteroatoms. The molecule has 0 spiro atoms. The van der Waals surface area contributed by atoms with E-state index in [2.05, 4.69) is 17.7 Å². The van der Waals surface area contributed by atoms with Gasteiger partial charge in [0.05, 0.1) is 6.42 Å². The normalized spacial score (nSPS) is 25.9. The molecule has 2 nitrogen and oxygen atoms in total. The summed E-state index contributed by atoms with van der Waals surface area (Å²) >= 11 is 1.68. The van der Waals surface area contributed by atoms with Crippen LogP contribution in [0.4, 0.5) is 0 Å². The van der Waals surface area contributed by atoms with Crippen molar-refractivity contribution >= 4 is 17.3 Å². The Balaban J connectivity index is 2.24. The molecular weight excluding hydrogens is 184 g/mol. The molecule has 2 rings (SSSR count). The van der Waals surface area contributed by atoms with Crippen molar-refractivity contribution in [2.75, 3.05) is 0 Å². The Labute approximate surface area is 81.2 Å². The number of hydrogen-bond acceptors (Lipinski definition) is 2. The molecule has 13 heavy (non-hydrogen) atoms. The number of fused-ring (bicyclic) bond motifs is 1. The molecular formula is C10H12O2S. The van der Waals surface area contributed by atoms with Crippen molar-refractivity contribution in [1.82, 2.24) is 0 Å². The van der Waals surface area contributed by atoms with Crippen LogP contribution in [0.15, 0.2) is 10.8 Å². The summed E-state index contributed by atoms with van der Waals surface area (Å²) in [5.74, 6) is 0.0594. The van der Waals surface area contributed by atoms with Crippen LogP contribution >= 0.6 is 11.3 Å². The lowest BCUT2D eigenvalue weighted by Gasteiger charge is -2.12. The van der Waals surface area contributed by atoms with Crippen molar-refractivity contribution < 1.29 is 9.90 Å². The quantitative estimate of drug-likeness (QED) is 0.789. The van der Waals surface area contributed by atoms with Gasteiger partial charge in [-0.05, 0) is 40.1 Å². The lowest BCUT2D eigenvalue weighted by atomic mass is 9.92. The minimum Gasteiger partial charge on any atom is -0.481 e. The SMILES string of the molecule is CC1Cc2cscc2C1CC(=O)O. The van der Waals surface area contributed by atoms with Crippen LogP contribution < -0.4 is 0 Å². The maximum atomic E-state index is 10.6. The van der Waals surface area contributed by atoms with Gasteiger partial charge in [-0.3, -0.25) is 4.79 Å². The average molecular weight is 196 g/mol. The van der Waals surface area contributed by atoms with Crippen LogP contribution in [-0.4, -0.2) is 11.1 Å². The van der Waals surface area contributed by atoms with Crippen LogP contribution in [0.25, 0.3) is 0 Å². The highest BCUT2D eigenvalue weighted by Crippen LogP contribution is 2.41. The van der Waals surface area contributed by atoms with Gasteiger partial charge in [0.25, 0.3) is 0 Å². The van der Waals surface area contributed by atoms with Gasteiger partial charge in [0, 0.05) is 0 Å². The highest BCUT2D eigenvalue weighted by atomic mass is 32.1. The van der Waals surface area contributed by atoms with E-state index in [9.17, 15) is 4.79 Å². The van der Waals surface area contributed by atoms with E-state index in [0.717, 1.165) is 6.42 Å². The van der Waals surface area contributed by atoms with Crippen molar-refractivity contribution in [1.29, 1.82) is 0 Å². The van der Waals surface area contributed by atoms with E-state index < -0.39 is 5.97 Å². The van der Waals surface area contributed by atoms with E-state index >= 15 is 0 Å². The lowest BCUT2D eigenvalue weighted by Crippen LogP contribution is -2.09. The van der Waals surface area contributed by atoms with Gasteiger partial charge in [0.1, 0.15) is 0 Å². The summed E-state index contributed by atoms with van der Waals surface area (Å²) in [6.07, 6.45) is 1.34. The monoisotopic (exact) mass is 196 g/mol. The molecule has 1 aliphatic rings. The second-order valence-corrected chi connectivity index (χ2v) is 4.48. The van der Waals surface area contributed by atoms with Gasteiger partial charge in [0.15, 0.2) is 0 Å². The highest BCUT2D eigenvalue weighted by Gasteiger charge is 2.31. The van der Waals surface area contributed by atoms with E-state index in [1.54, 1.807) is 11.3 Å². The maximum Gasteiger partial charge on any atom is 0.303 e. The molecule has 0 saturated heterocycles. The van der Waals surface area contributed by atoms with Gasteiger partial charge in [-0.2, -0.15) is 11.3 Å². The van der Waals surface area contributed by atoms with E-state index in [4.69, 9.17) is 5.11 Å². The molecule has 1 N–H and O–H groups in total. The molecule has 70 valence electrons. The third-order valence-electron chi connectivity index (χ3n) is 2.80. The van der Waals surface area contributed by atoms with Gasteiger partial charge in [0.2, 0.25) is 0 Å². The second kappa shape index (κ2) is 3.14. The Bertz CT molecular complexity index is 329. The summed E-state index contributed by atoms with van der Waals surface area (Å²) in [5.41, 5.74) is 2.64. The molecule has 0 fully saturated rings. The molecule has 0 bridgehead atoms. The first-order valence-corrected chi connectivity index (χ1v) is 5.39. The predicted molar refractivity (Wildman–Crippen MR) is 52.2 cm³/mol. The Kier molecular flexibility index (Phi) is 2.12. The lowest BCUT2D eigenvalue weighted by molar-refractivity contribution is -0.137. The maximum absolute atomic E-state index is 10.6. The van der Waals surface area contributed by atoms with Crippen LogP contribution in [0.2, 0.25) is 0 Å². The second-order valence-electron chi connectivity index (χ2n) is 3.74. The Morgan fingerprint density at radius 1 is 1.69 bits per heavy atom. The van der Waals surface area contributed by atoms with Crippen LogP contribution in [-0.2, 0) is 11.2 Å². The van der Waals surface area contributed by atoms with Gasteiger partial charge in [-0.15, -0.1) is 0 Å². The Morgan fingerprint density at radius 3 is 3.15 bits per heavy atom. The van der Waals surface area contributed by atoms with Crippen LogP contribution in [0, 0.1) is 5.92 Å². The summed E-state index contributed by atoms with van der Waals surface area (Å²) in [6.45, 7) is 2.14. The summed E-state index contributed by atoms with van der Waals surface area (Å²) in [7, 11) is 0. The molecule has 2 atom stereocenters. The van der Waals surface area contributed by atoms with E-state index in [1.807, 2.05) is 0 Å². The molecule has 1 aromatic heterocycles. The summed E-state index contributed by atoms with van der Waals surface area (Å²) < 4.78 is 0. The summed E-state index contributed by atoms with van der Waals surface area (Å²) in [6, 6.07) is 0.